The van der Waals surface area contributed by atoms with Crippen LogP contribution in [-0.4, -0.2) is 154 Å². The van der Waals surface area contributed by atoms with E-state index in [9.17, 15) is 62.6 Å². The van der Waals surface area contributed by atoms with Gasteiger partial charge in [-0.25, -0.2) is 0 Å². The van der Waals surface area contributed by atoms with Crippen LogP contribution in [-0.2, 0) is 118 Å². The molecular formula is C115H122BrN9O21. The zero-order valence-electron chi connectivity index (χ0n) is 83.7. The number of phenolic OH excluding ortho intramolecular Hbond substituents is 1. The number of methoxy groups -OCH3 is 5. The number of esters is 2. The molecule has 8 aliphatic heterocycles. The Kier molecular flexibility index (Phi) is 33.3. The topological polar surface area (TPSA) is 372 Å². The summed E-state index contributed by atoms with van der Waals surface area (Å²) in [6.45, 7) is 8.72. The van der Waals surface area contributed by atoms with Crippen molar-refractivity contribution in [3.63, 3.8) is 0 Å². The fraction of sp³-hybridized carbons (Fsp3) is 0.365. The maximum absolute atomic E-state index is 14.1. The highest BCUT2D eigenvalue weighted by molar-refractivity contribution is 9.08. The molecule has 0 radical (unpaired) electrons. The summed E-state index contributed by atoms with van der Waals surface area (Å²) in [4.78, 5) is 168. The fourth-order valence-corrected chi connectivity index (χ4v) is 20.8. The van der Waals surface area contributed by atoms with E-state index in [1.807, 2.05) is 154 Å². The van der Waals surface area contributed by atoms with Gasteiger partial charge in [-0.15, -0.1) is 0 Å². The molecule has 0 unspecified atom stereocenters. The number of aromatic hydroxyl groups is 1. The highest BCUT2D eigenvalue weighted by Gasteiger charge is 2.43. The molecule has 8 amide bonds. The molecule has 0 fully saturated rings. The average Bonchev–Trinajstić information content (AvgIpc) is 1.63. The molecule has 8 heterocycles. The second-order valence-corrected chi connectivity index (χ2v) is 39.0. The number of nitrogens with one attached hydrogen (secondary N) is 4. The molecule has 0 aromatic heterocycles. The Labute approximate surface area is 857 Å². The number of rotatable bonds is 35. The number of unbranched alkanes of at least 4 members (excludes halogenated alkanes) is 2. The summed E-state index contributed by atoms with van der Waals surface area (Å²) in [5.74, 6) is -1.32. The lowest BCUT2D eigenvalue weighted by atomic mass is 9.99. The molecule has 5 N–H and O–H groups in total. The first-order valence-corrected chi connectivity index (χ1v) is 50.9. The lowest BCUT2D eigenvalue weighted by Crippen LogP contribution is -2.39. The van der Waals surface area contributed by atoms with Crippen LogP contribution < -0.4 is 69.3 Å². The van der Waals surface area contributed by atoms with Gasteiger partial charge in [-0.2, -0.15) is 0 Å². The van der Waals surface area contributed by atoms with Gasteiger partial charge in [0.05, 0.1) is 64.9 Å². The van der Waals surface area contributed by atoms with E-state index in [-0.39, 0.29) is 153 Å². The number of alkyl halides is 1. The zero-order valence-corrected chi connectivity index (χ0v) is 85.3. The number of amides is 8. The molecule has 146 heavy (non-hydrogen) atoms. The van der Waals surface area contributed by atoms with Crippen LogP contribution in [0, 0.1) is 18.8 Å². The van der Waals surface area contributed by atoms with Gasteiger partial charge in [0.2, 0.25) is 23.6 Å². The van der Waals surface area contributed by atoms with Crippen molar-refractivity contribution in [3.05, 3.63) is 271 Å². The lowest BCUT2D eigenvalue weighted by Gasteiger charge is -2.23. The van der Waals surface area contributed by atoms with E-state index < -0.39 is 29.8 Å². The summed E-state index contributed by atoms with van der Waals surface area (Å²) in [5.41, 5.74) is 18.9. The van der Waals surface area contributed by atoms with Crippen molar-refractivity contribution >= 4 is 133 Å². The maximum Gasteiger partial charge on any atom is 0.305 e. The molecule has 30 nitrogen and oxygen atoms in total. The second kappa shape index (κ2) is 46.8. The van der Waals surface area contributed by atoms with E-state index in [0.29, 0.717) is 129 Å². The molecule has 8 aliphatic rings. The largest absolute Gasteiger partial charge is 0.504 e. The van der Waals surface area contributed by atoms with Crippen molar-refractivity contribution < 1.29 is 101 Å². The molecule has 0 saturated carbocycles. The zero-order chi connectivity index (χ0) is 103. The predicted molar refractivity (Wildman–Crippen MR) is 557 cm³/mol. The molecule has 0 bridgehead atoms. The number of hydrogen-bond acceptors (Lipinski definition) is 22. The molecule has 0 saturated heterocycles. The van der Waals surface area contributed by atoms with Gasteiger partial charge in [0.1, 0.15) is 25.6 Å². The Bertz CT molecular complexity index is 6760. The number of phenols is 1. The highest BCUT2D eigenvalue weighted by atomic mass is 79.9. The Morgan fingerprint density at radius 1 is 0.404 bits per heavy atom. The minimum atomic E-state index is -0.816. The van der Waals surface area contributed by atoms with Gasteiger partial charge in [-0.05, 0) is 268 Å². The minimum Gasteiger partial charge on any atom is -0.504 e. The molecule has 18 rings (SSSR count). The van der Waals surface area contributed by atoms with Gasteiger partial charge in [0.25, 0.3) is 23.6 Å². The molecule has 31 heteroatoms. The van der Waals surface area contributed by atoms with Crippen LogP contribution in [0.15, 0.2) is 187 Å². The summed E-state index contributed by atoms with van der Waals surface area (Å²) in [7, 11) is 7.23. The number of ether oxygens (including phenoxy) is 8. The van der Waals surface area contributed by atoms with Crippen molar-refractivity contribution in [2.75, 3.05) is 65.8 Å². The van der Waals surface area contributed by atoms with Gasteiger partial charge < -0.3 is 79.0 Å². The predicted octanol–water partition coefficient (Wildman–Crippen LogP) is 18.1. The van der Waals surface area contributed by atoms with E-state index in [4.69, 9.17) is 33.4 Å². The van der Waals surface area contributed by atoms with E-state index >= 15 is 0 Å². The fourth-order valence-electron chi connectivity index (χ4n) is 20.5. The summed E-state index contributed by atoms with van der Waals surface area (Å²) >= 11 is 3.51. The number of hydrogen-bond donors (Lipinski definition) is 5. The van der Waals surface area contributed by atoms with E-state index in [0.717, 1.165) is 113 Å². The SMILES string of the molecule is COC(=O)CCCCC(=O)N[C@@H](C)C(=O)C[C@@H](C)C(=O)Nc1cc(CBr)cc(COc2cc3c(cc2OC)C(=O)N2c4ccccc4C[C@H]2CC3)c1.COC(=O)CCCCC(=O)N[C@@H](C)C(=O)C[C@@H](C)C(=O)Nc1cc(COc2cc3c(cc2C)C(=O)N2c4ccccc4C[C@H]2C=N3)cc(COc2cc3c(cc2OC)C(=O)N2c4ccccc4C[C@H]2CC3)c1.COc1cc2c(cc1O)CC[C@@H]1Cc3ccccc3N1C2=O. The second-order valence-electron chi connectivity index (χ2n) is 38.4. The minimum absolute atomic E-state index is 0.000694. The molecule has 8 atom stereocenters. The van der Waals surface area contributed by atoms with Gasteiger partial charge in [-0.1, -0.05) is 109 Å². The van der Waals surface area contributed by atoms with Crippen molar-refractivity contribution in [3.8, 4) is 40.2 Å². The number of Topliss-reactive ketones (excluding diaryl/α,β-unsaturated/α-hetero) is 2. The summed E-state index contributed by atoms with van der Waals surface area (Å²) in [5, 5.41) is 21.8. The highest BCUT2D eigenvalue weighted by Crippen LogP contribution is 2.47. The number of halogens is 1. The average molecular weight is 2050 g/mol. The lowest BCUT2D eigenvalue weighted by molar-refractivity contribution is -0.141. The smallest absolute Gasteiger partial charge is 0.305 e. The number of nitrogens with zero attached hydrogens (tertiary/aromatic N) is 5. The van der Waals surface area contributed by atoms with Crippen LogP contribution in [0.5, 0.6) is 40.2 Å². The molecule has 0 spiro atoms. The number of aliphatic imine (C=N–C) groups is 1. The molecule has 10 aromatic carbocycles. The Hall–Kier alpha value is -15.0. The van der Waals surface area contributed by atoms with Crippen LogP contribution >= 0.6 is 15.9 Å². The number of anilines is 6. The summed E-state index contributed by atoms with van der Waals surface area (Å²) < 4.78 is 45.2. The van der Waals surface area contributed by atoms with Crippen LogP contribution in [0.2, 0.25) is 0 Å². The number of ketones is 2. The first-order valence-electron chi connectivity index (χ1n) is 49.7. The quantitative estimate of drug-likeness (QED) is 0.0140. The molecule has 0 aliphatic carbocycles. The number of benzene rings is 10. The summed E-state index contributed by atoms with van der Waals surface area (Å²) in [6, 6.07) is 56.2. The van der Waals surface area contributed by atoms with Gasteiger partial charge in [0, 0.05) is 143 Å². The van der Waals surface area contributed by atoms with Crippen LogP contribution in [0.25, 0.3) is 0 Å². The molecule has 10 aromatic rings. The van der Waals surface area contributed by atoms with Crippen molar-refractivity contribution in [2.24, 2.45) is 16.8 Å². The Morgan fingerprint density at radius 2 is 0.767 bits per heavy atom. The third-order valence-corrected chi connectivity index (χ3v) is 28.9. The van der Waals surface area contributed by atoms with E-state index in [1.165, 1.54) is 38.0 Å². The van der Waals surface area contributed by atoms with Crippen molar-refractivity contribution in [1.82, 2.24) is 10.6 Å². The first-order chi connectivity index (χ1) is 70.5. The molecule has 760 valence electrons. The first kappa shape index (κ1) is 104. The van der Waals surface area contributed by atoms with E-state index in [2.05, 4.69) is 64.9 Å². The standard InChI is InChI=1S/C57H59N5O10.C40H46BrN3O8.C18H17NO3/c1-33-20-45-46(58-30-43-26-40-13-7-9-15-48(40)62(43)57(45)68)29-50(33)71-31-36-22-37(24-41(23-36)60-55(66)34(2)21-49(63)35(3)59-53(64)16-10-11-17-54(65)70-5)32-72-52-27-38-18-19-42-25-39-12-6-8-14-47(39)61(42)56(67)44(38)28-51(52)69-4;1-24(15-34(45)25(2)42-37(46)11-7-8-12-38(47)51-4)39(48)43-30-17-26(22-41)16-27(18-30)23-52-36-20-28-13-14-31-19-29-9-5-6-10-33(29)44(31)40(49)32(28)21-35(36)50-3;1-22-17-10-14-11(9-16(17)20)6-7-13-8-12-4-2-3-5-15(12)19(13)18(14)21/h6-9,12-15,20,22-24,27-30,34-35,42-43H,10-11,16-19,21,25-26,31-32H2,1-5H3,(H,59,64)(H,60,66);5-6,9-10,16-18,20-21,24-25,31H,7-8,11-15,19,22-23H2,1-4H3,(H,42,46)(H,43,48);2-5,9-10,13,20H,6-8H2,1H3/t34-,35+,42-,43+;24-,25+,31-;13-/m111/s1. The maximum atomic E-state index is 14.1. The number of carbonyl (C=O) groups is 12. The van der Waals surface area contributed by atoms with Crippen molar-refractivity contribution in [2.45, 2.75) is 224 Å². The van der Waals surface area contributed by atoms with Crippen LogP contribution in [0.3, 0.4) is 0 Å². The third-order valence-electron chi connectivity index (χ3n) is 28.3. The molecular weight excluding hydrogens is 1920 g/mol. The Balaban J connectivity index is 0.000000178. The third kappa shape index (κ3) is 23.8. The number of fused-ring (bicyclic) bond motifs is 16. The van der Waals surface area contributed by atoms with Gasteiger partial charge >= 0.3 is 11.9 Å². The van der Waals surface area contributed by atoms with E-state index in [1.54, 1.807) is 84.4 Å². The summed E-state index contributed by atoms with van der Waals surface area (Å²) in [6.07, 6.45) is 12.4. The number of carbonyl (C=O) groups excluding carboxylic acids is 12. The monoisotopic (exact) mass is 2040 g/mol. The van der Waals surface area contributed by atoms with Crippen LogP contribution in [0.4, 0.5) is 39.8 Å². The number of aryl methyl sites for hydroxylation is 4. The van der Waals surface area contributed by atoms with Crippen molar-refractivity contribution in [1.29, 1.82) is 0 Å². The van der Waals surface area contributed by atoms with Gasteiger partial charge in [-0.3, -0.25) is 67.4 Å². The Morgan fingerprint density at radius 3 is 1.18 bits per heavy atom. The normalized spacial score (nSPS) is 16.8. The van der Waals surface area contributed by atoms with Crippen LogP contribution in [0.1, 0.15) is 219 Å². The van der Waals surface area contributed by atoms with Gasteiger partial charge in [0.15, 0.2) is 46.1 Å². The number of para-hydroxylation sites is 4.